The molecule has 2 rings (SSSR count). The SMILES string of the molecule is COC(=O)C1CCOc2cc(N)ccc21. The lowest BCUT2D eigenvalue weighted by Gasteiger charge is -2.24. The first-order valence-corrected chi connectivity index (χ1v) is 4.82. The summed E-state index contributed by atoms with van der Waals surface area (Å²) >= 11 is 0. The molecule has 4 heteroatoms. The molecule has 1 unspecified atom stereocenters. The highest BCUT2D eigenvalue weighted by atomic mass is 16.5. The first-order valence-electron chi connectivity index (χ1n) is 4.82. The molecule has 0 saturated carbocycles. The van der Waals surface area contributed by atoms with Crippen molar-refractivity contribution < 1.29 is 14.3 Å². The summed E-state index contributed by atoms with van der Waals surface area (Å²) < 4.78 is 10.2. The minimum absolute atomic E-state index is 0.218. The van der Waals surface area contributed by atoms with E-state index >= 15 is 0 Å². The summed E-state index contributed by atoms with van der Waals surface area (Å²) in [6.45, 7) is 0.524. The standard InChI is InChI=1S/C11H13NO3/c1-14-11(13)9-4-5-15-10-6-7(12)2-3-8(9)10/h2-3,6,9H,4-5,12H2,1H3. The Bertz CT molecular complexity index is 389. The molecule has 1 aromatic carbocycles. The molecule has 1 atom stereocenters. The van der Waals surface area contributed by atoms with Crippen LogP contribution in [0, 0.1) is 0 Å². The van der Waals surface area contributed by atoms with Crippen molar-refractivity contribution in [2.24, 2.45) is 0 Å². The van der Waals surface area contributed by atoms with Crippen LogP contribution in [-0.2, 0) is 9.53 Å². The Hall–Kier alpha value is -1.71. The quantitative estimate of drug-likeness (QED) is 0.557. The van der Waals surface area contributed by atoms with Crippen LogP contribution in [0.4, 0.5) is 5.69 Å². The molecule has 1 aromatic rings. The zero-order valence-corrected chi connectivity index (χ0v) is 8.53. The van der Waals surface area contributed by atoms with E-state index < -0.39 is 0 Å². The third-order valence-corrected chi connectivity index (χ3v) is 2.56. The molecule has 0 spiro atoms. The minimum Gasteiger partial charge on any atom is -0.493 e. The summed E-state index contributed by atoms with van der Waals surface area (Å²) in [5.74, 6) is 0.250. The summed E-state index contributed by atoms with van der Waals surface area (Å²) in [6.07, 6.45) is 0.656. The van der Waals surface area contributed by atoms with Crippen molar-refractivity contribution >= 4 is 11.7 Å². The van der Waals surface area contributed by atoms with Crippen molar-refractivity contribution in [1.29, 1.82) is 0 Å². The molecule has 0 amide bonds. The van der Waals surface area contributed by atoms with Gasteiger partial charge in [-0.3, -0.25) is 4.79 Å². The van der Waals surface area contributed by atoms with E-state index in [1.165, 1.54) is 7.11 Å². The molecule has 4 nitrogen and oxygen atoms in total. The van der Waals surface area contributed by atoms with E-state index in [1.54, 1.807) is 12.1 Å². The summed E-state index contributed by atoms with van der Waals surface area (Å²) in [7, 11) is 1.40. The smallest absolute Gasteiger partial charge is 0.313 e. The molecular weight excluding hydrogens is 194 g/mol. The van der Waals surface area contributed by atoms with Crippen LogP contribution in [0.5, 0.6) is 5.75 Å². The van der Waals surface area contributed by atoms with Gasteiger partial charge in [-0.1, -0.05) is 6.07 Å². The molecule has 0 saturated heterocycles. The fourth-order valence-corrected chi connectivity index (χ4v) is 1.79. The molecule has 0 aliphatic carbocycles. The lowest BCUT2D eigenvalue weighted by molar-refractivity contribution is -0.143. The van der Waals surface area contributed by atoms with E-state index in [1.807, 2.05) is 6.07 Å². The highest BCUT2D eigenvalue weighted by Gasteiger charge is 2.28. The predicted octanol–water partition coefficient (Wildman–Crippen LogP) is 1.31. The number of anilines is 1. The second kappa shape index (κ2) is 3.81. The number of methoxy groups -OCH3 is 1. The highest BCUT2D eigenvalue weighted by molar-refractivity contribution is 5.79. The number of rotatable bonds is 1. The van der Waals surface area contributed by atoms with Gasteiger partial charge in [-0.2, -0.15) is 0 Å². The van der Waals surface area contributed by atoms with E-state index in [4.69, 9.17) is 15.2 Å². The first-order chi connectivity index (χ1) is 7.22. The van der Waals surface area contributed by atoms with Gasteiger partial charge >= 0.3 is 5.97 Å². The van der Waals surface area contributed by atoms with Crippen LogP contribution < -0.4 is 10.5 Å². The first kappa shape index (κ1) is 9.83. The molecule has 1 aliphatic rings. The average Bonchev–Trinajstić information content (AvgIpc) is 2.26. The van der Waals surface area contributed by atoms with Crippen LogP contribution in [0.1, 0.15) is 17.9 Å². The van der Waals surface area contributed by atoms with Gasteiger partial charge in [-0.05, 0) is 12.5 Å². The summed E-state index contributed by atoms with van der Waals surface area (Å²) in [6, 6.07) is 5.33. The molecule has 0 radical (unpaired) electrons. The van der Waals surface area contributed by atoms with Crippen molar-refractivity contribution in [3.8, 4) is 5.75 Å². The fraction of sp³-hybridized carbons (Fsp3) is 0.364. The summed E-state index contributed by atoms with van der Waals surface area (Å²) in [5.41, 5.74) is 7.14. The van der Waals surface area contributed by atoms with Gasteiger partial charge in [-0.15, -0.1) is 0 Å². The number of nitrogens with two attached hydrogens (primary N) is 1. The number of hydrogen-bond donors (Lipinski definition) is 1. The molecule has 0 fully saturated rings. The van der Waals surface area contributed by atoms with Gasteiger partial charge in [0.1, 0.15) is 5.75 Å². The molecule has 80 valence electrons. The van der Waals surface area contributed by atoms with Crippen LogP contribution in [0.25, 0.3) is 0 Å². The monoisotopic (exact) mass is 207 g/mol. The molecular formula is C11H13NO3. The van der Waals surface area contributed by atoms with Crippen LogP contribution in [-0.4, -0.2) is 19.7 Å². The third kappa shape index (κ3) is 1.75. The fourth-order valence-electron chi connectivity index (χ4n) is 1.79. The van der Waals surface area contributed by atoms with Crippen molar-refractivity contribution in [2.45, 2.75) is 12.3 Å². The number of carbonyl (C=O) groups excluding carboxylic acids is 1. The Labute approximate surface area is 88.0 Å². The predicted molar refractivity (Wildman–Crippen MR) is 55.7 cm³/mol. The number of esters is 1. The second-order valence-electron chi connectivity index (χ2n) is 3.51. The third-order valence-electron chi connectivity index (χ3n) is 2.56. The van der Waals surface area contributed by atoms with Gasteiger partial charge in [0.2, 0.25) is 0 Å². The minimum atomic E-state index is -0.223. The van der Waals surface area contributed by atoms with Crippen molar-refractivity contribution in [3.63, 3.8) is 0 Å². The Kier molecular flexibility index (Phi) is 2.49. The van der Waals surface area contributed by atoms with Crippen LogP contribution in [0.3, 0.4) is 0 Å². The van der Waals surface area contributed by atoms with Gasteiger partial charge in [0.25, 0.3) is 0 Å². The molecule has 2 N–H and O–H groups in total. The molecule has 1 heterocycles. The van der Waals surface area contributed by atoms with E-state index in [9.17, 15) is 4.79 Å². The maximum Gasteiger partial charge on any atom is 0.313 e. The summed E-state index contributed by atoms with van der Waals surface area (Å²) in [5, 5.41) is 0. The number of hydrogen-bond acceptors (Lipinski definition) is 4. The Morgan fingerprint density at radius 3 is 3.13 bits per heavy atom. The van der Waals surface area contributed by atoms with Gasteiger partial charge in [0.05, 0.1) is 19.6 Å². The topological polar surface area (TPSA) is 61.5 Å². The number of ether oxygens (including phenoxy) is 2. The van der Waals surface area contributed by atoms with Crippen LogP contribution in [0.2, 0.25) is 0 Å². The molecule has 1 aliphatic heterocycles. The number of fused-ring (bicyclic) bond motifs is 1. The zero-order chi connectivity index (χ0) is 10.8. The highest BCUT2D eigenvalue weighted by Crippen LogP contribution is 2.35. The number of carbonyl (C=O) groups is 1. The van der Waals surface area contributed by atoms with Crippen LogP contribution in [0.15, 0.2) is 18.2 Å². The van der Waals surface area contributed by atoms with E-state index in [2.05, 4.69) is 0 Å². The Balaban J connectivity index is 2.38. The van der Waals surface area contributed by atoms with Gasteiger partial charge < -0.3 is 15.2 Å². The molecule has 0 aromatic heterocycles. The number of nitrogen functional groups attached to an aromatic ring is 1. The lowest BCUT2D eigenvalue weighted by atomic mass is 9.93. The summed E-state index contributed by atoms with van der Waals surface area (Å²) in [4.78, 5) is 11.5. The van der Waals surface area contributed by atoms with Gasteiger partial charge in [0.15, 0.2) is 0 Å². The zero-order valence-electron chi connectivity index (χ0n) is 8.53. The normalized spacial score (nSPS) is 18.9. The largest absolute Gasteiger partial charge is 0.493 e. The van der Waals surface area contributed by atoms with Gasteiger partial charge in [0, 0.05) is 17.3 Å². The average molecular weight is 207 g/mol. The molecule has 0 bridgehead atoms. The van der Waals surface area contributed by atoms with Crippen LogP contribution >= 0.6 is 0 Å². The maximum atomic E-state index is 11.5. The lowest BCUT2D eigenvalue weighted by Crippen LogP contribution is -2.22. The van der Waals surface area contributed by atoms with Crippen molar-refractivity contribution in [2.75, 3.05) is 19.5 Å². The van der Waals surface area contributed by atoms with Gasteiger partial charge in [-0.25, -0.2) is 0 Å². The second-order valence-corrected chi connectivity index (χ2v) is 3.51. The number of benzene rings is 1. The van der Waals surface area contributed by atoms with E-state index in [0.717, 1.165) is 5.56 Å². The van der Waals surface area contributed by atoms with E-state index in [-0.39, 0.29) is 11.9 Å². The Morgan fingerprint density at radius 2 is 2.40 bits per heavy atom. The maximum absolute atomic E-state index is 11.5. The molecule has 15 heavy (non-hydrogen) atoms. The van der Waals surface area contributed by atoms with E-state index in [0.29, 0.717) is 24.5 Å². The Morgan fingerprint density at radius 1 is 1.60 bits per heavy atom. The van der Waals surface area contributed by atoms with Crippen molar-refractivity contribution in [1.82, 2.24) is 0 Å². The van der Waals surface area contributed by atoms with Crippen molar-refractivity contribution in [3.05, 3.63) is 23.8 Å².